The molecule has 2 N–H and O–H groups in total. The van der Waals surface area contributed by atoms with Crippen LogP contribution >= 0.6 is 24.0 Å². The van der Waals surface area contributed by atoms with E-state index in [9.17, 15) is 4.79 Å². The fourth-order valence-electron chi connectivity index (χ4n) is 2.38. The highest BCUT2D eigenvalue weighted by Gasteiger charge is 2.26. The Balaban J connectivity index is 0.00000312. The SMILES string of the molecule is CC(C)(C)OC(=O)N1CCN(C(N)=NCCc2ccccn2)CC1.I. The number of amides is 1. The second kappa shape index (κ2) is 9.79. The summed E-state index contributed by atoms with van der Waals surface area (Å²) >= 11 is 0. The van der Waals surface area contributed by atoms with Gasteiger partial charge in [-0.15, -0.1) is 24.0 Å². The molecule has 2 rings (SSSR count). The van der Waals surface area contributed by atoms with Crippen LogP contribution in [0.1, 0.15) is 26.5 Å². The van der Waals surface area contributed by atoms with E-state index >= 15 is 0 Å². The summed E-state index contributed by atoms with van der Waals surface area (Å²) in [4.78, 5) is 24.4. The maximum absolute atomic E-state index is 12.0. The lowest BCUT2D eigenvalue weighted by molar-refractivity contribution is 0.0186. The molecule has 0 unspecified atom stereocenters. The first-order chi connectivity index (χ1) is 11.3. The minimum Gasteiger partial charge on any atom is -0.444 e. The molecule has 1 aromatic rings. The third-order valence-corrected chi connectivity index (χ3v) is 3.62. The van der Waals surface area contributed by atoms with Crippen LogP contribution in [0.3, 0.4) is 0 Å². The van der Waals surface area contributed by atoms with E-state index in [-0.39, 0.29) is 30.1 Å². The largest absolute Gasteiger partial charge is 0.444 e. The number of nitrogens with two attached hydrogens (primary N) is 1. The van der Waals surface area contributed by atoms with Gasteiger partial charge in [0.25, 0.3) is 0 Å². The molecule has 1 aromatic heterocycles. The van der Waals surface area contributed by atoms with Crippen molar-refractivity contribution in [3.63, 3.8) is 0 Å². The van der Waals surface area contributed by atoms with Crippen molar-refractivity contribution in [2.75, 3.05) is 32.7 Å². The summed E-state index contributed by atoms with van der Waals surface area (Å²) < 4.78 is 5.39. The van der Waals surface area contributed by atoms with Gasteiger partial charge in [-0.1, -0.05) is 6.07 Å². The number of halogens is 1. The zero-order chi connectivity index (χ0) is 17.6. The number of nitrogens with zero attached hydrogens (tertiary/aromatic N) is 4. The third-order valence-electron chi connectivity index (χ3n) is 3.62. The molecule has 0 spiro atoms. The normalized spacial score (nSPS) is 15.6. The van der Waals surface area contributed by atoms with Crippen molar-refractivity contribution in [2.45, 2.75) is 32.8 Å². The molecule has 1 aliphatic rings. The topological polar surface area (TPSA) is 84.0 Å². The first-order valence-electron chi connectivity index (χ1n) is 8.28. The molecule has 1 aliphatic heterocycles. The van der Waals surface area contributed by atoms with Gasteiger partial charge in [0.1, 0.15) is 5.60 Å². The molecule has 0 aromatic carbocycles. The van der Waals surface area contributed by atoms with E-state index in [1.807, 2.05) is 43.9 Å². The average molecular weight is 461 g/mol. The Morgan fingerprint density at radius 2 is 1.88 bits per heavy atom. The summed E-state index contributed by atoms with van der Waals surface area (Å²) in [6.07, 6.45) is 2.27. The van der Waals surface area contributed by atoms with Crippen LogP contribution in [0.5, 0.6) is 0 Å². The Morgan fingerprint density at radius 1 is 1.24 bits per heavy atom. The van der Waals surface area contributed by atoms with Crippen LogP contribution in [0.4, 0.5) is 4.79 Å². The zero-order valence-corrected chi connectivity index (χ0v) is 17.5. The van der Waals surface area contributed by atoms with Crippen molar-refractivity contribution in [1.82, 2.24) is 14.8 Å². The lowest BCUT2D eigenvalue weighted by Crippen LogP contribution is -2.53. The van der Waals surface area contributed by atoms with Gasteiger partial charge in [-0.05, 0) is 32.9 Å². The van der Waals surface area contributed by atoms with Crippen LogP contribution in [0.25, 0.3) is 0 Å². The number of piperazine rings is 1. The highest BCUT2D eigenvalue weighted by molar-refractivity contribution is 14.0. The monoisotopic (exact) mass is 461 g/mol. The van der Waals surface area contributed by atoms with Gasteiger partial charge in [0.15, 0.2) is 5.96 Å². The van der Waals surface area contributed by atoms with Crippen LogP contribution in [0.15, 0.2) is 29.4 Å². The smallest absolute Gasteiger partial charge is 0.410 e. The molecule has 140 valence electrons. The van der Waals surface area contributed by atoms with Crippen molar-refractivity contribution < 1.29 is 9.53 Å². The van der Waals surface area contributed by atoms with E-state index in [4.69, 9.17) is 10.5 Å². The average Bonchev–Trinajstić information content (AvgIpc) is 2.54. The van der Waals surface area contributed by atoms with Crippen molar-refractivity contribution in [2.24, 2.45) is 10.7 Å². The van der Waals surface area contributed by atoms with Crippen LogP contribution < -0.4 is 5.73 Å². The molecule has 0 saturated carbocycles. The fraction of sp³-hybridized carbons (Fsp3) is 0.588. The van der Waals surface area contributed by atoms with Gasteiger partial charge in [0.2, 0.25) is 0 Å². The number of hydrogen-bond donors (Lipinski definition) is 1. The van der Waals surface area contributed by atoms with Crippen molar-refractivity contribution in [3.8, 4) is 0 Å². The standard InChI is InChI=1S/C17H27N5O2.HI/c1-17(2,3)24-16(23)22-12-10-21(11-13-22)15(18)20-9-7-14-6-4-5-8-19-14;/h4-6,8H,7,9-13H2,1-3H3,(H2,18,20);1H. The molecule has 1 saturated heterocycles. The van der Waals surface area contributed by atoms with E-state index in [1.165, 1.54) is 0 Å². The number of carbonyl (C=O) groups excluding carboxylic acids is 1. The first-order valence-corrected chi connectivity index (χ1v) is 8.28. The molecular weight excluding hydrogens is 433 g/mol. The minimum absolute atomic E-state index is 0. The van der Waals surface area contributed by atoms with Crippen molar-refractivity contribution in [1.29, 1.82) is 0 Å². The summed E-state index contributed by atoms with van der Waals surface area (Å²) in [5.41, 5.74) is 6.59. The molecule has 8 heteroatoms. The van der Waals surface area contributed by atoms with Gasteiger partial charge in [0.05, 0.1) is 0 Å². The van der Waals surface area contributed by atoms with Crippen LogP contribution in [0, 0.1) is 0 Å². The van der Waals surface area contributed by atoms with E-state index in [1.54, 1.807) is 11.1 Å². The number of aliphatic imine (C=N–C) groups is 1. The third kappa shape index (κ3) is 7.45. The van der Waals surface area contributed by atoms with E-state index in [2.05, 4.69) is 9.98 Å². The highest BCUT2D eigenvalue weighted by Crippen LogP contribution is 2.11. The van der Waals surface area contributed by atoms with Gasteiger partial charge in [-0.2, -0.15) is 0 Å². The van der Waals surface area contributed by atoms with E-state index in [0.717, 1.165) is 12.1 Å². The van der Waals surface area contributed by atoms with Crippen LogP contribution in [-0.2, 0) is 11.2 Å². The Labute approximate surface area is 166 Å². The Kier molecular flexibility index (Phi) is 8.40. The van der Waals surface area contributed by atoms with Gasteiger partial charge in [0, 0.05) is 51.0 Å². The number of guanidine groups is 1. The van der Waals surface area contributed by atoms with Gasteiger partial charge in [-0.25, -0.2) is 4.79 Å². The molecular formula is C17H28IN5O2. The number of ether oxygens (including phenoxy) is 1. The van der Waals surface area contributed by atoms with Crippen molar-refractivity contribution in [3.05, 3.63) is 30.1 Å². The first kappa shape index (κ1) is 21.5. The summed E-state index contributed by atoms with van der Waals surface area (Å²) in [7, 11) is 0. The van der Waals surface area contributed by atoms with Gasteiger partial charge >= 0.3 is 6.09 Å². The van der Waals surface area contributed by atoms with Crippen molar-refractivity contribution >= 4 is 36.0 Å². The molecule has 7 nitrogen and oxygen atoms in total. The maximum atomic E-state index is 12.0. The molecule has 1 fully saturated rings. The molecule has 0 aliphatic carbocycles. The molecule has 0 radical (unpaired) electrons. The molecule has 0 bridgehead atoms. The van der Waals surface area contributed by atoms with Crippen LogP contribution in [0.2, 0.25) is 0 Å². The summed E-state index contributed by atoms with van der Waals surface area (Å²) in [6.45, 7) is 8.72. The predicted octanol–water partition coefficient (Wildman–Crippen LogP) is 2.11. The molecule has 1 amide bonds. The molecule has 0 atom stereocenters. The fourth-order valence-corrected chi connectivity index (χ4v) is 2.38. The quantitative estimate of drug-likeness (QED) is 0.424. The predicted molar refractivity (Wildman–Crippen MR) is 109 cm³/mol. The number of hydrogen-bond acceptors (Lipinski definition) is 4. The Hall–Kier alpha value is -1.58. The molecule has 2 heterocycles. The molecule has 25 heavy (non-hydrogen) atoms. The second-order valence-corrected chi connectivity index (χ2v) is 6.77. The number of carbonyl (C=O) groups is 1. The number of aromatic nitrogens is 1. The number of pyridine rings is 1. The summed E-state index contributed by atoms with van der Waals surface area (Å²) in [6, 6.07) is 5.84. The van der Waals surface area contributed by atoms with Crippen LogP contribution in [-0.4, -0.2) is 65.2 Å². The summed E-state index contributed by atoms with van der Waals surface area (Å²) in [5, 5.41) is 0. The zero-order valence-electron chi connectivity index (χ0n) is 15.1. The van der Waals surface area contributed by atoms with E-state index in [0.29, 0.717) is 38.7 Å². The second-order valence-electron chi connectivity index (χ2n) is 6.77. The minimum atomic E-state index is -0.472. The highest BCUT2D eigenvalue weighted by atomic mass is 127. The van der Waals surface area contributed by atoms with Gasteiger partial charge in [-0.3, -0.25) is 9.98 Å². The Morgan fingerprint density at radius 3 is 2.44 bits per heavy atom. The maximum Gasteiger partial charge on any atom is 0.410 e. The lowest BCUT2D eigenvalue weighted by Gasteiger charge is -2.36. The van der Waals surface area contributed by atoms with Gasteiger partial charge < -0.3 is 20.3 Å². The Bertz CT molecular complexity index is 566. The number of rotatable bonds is 3. The van der Waals surface area contributed by atoms with E-state index < -0.39 is 5.60 Å². The lowest BCUT2D eigenvalue weighted by atomic mass is 10.2. The summed E-state index contributed by atoms with van der Waals surface area (Å²) in [5.74, 6) is 0.523.